The van der Waals surface area contributed by atoms with Gasteiger partial charge in [0.1, 0.15) is 17.7 Å². The second kappa shape index (κ2) is 5.71. The lowest BCUT2D eigenvalue weighted by atomic mass is 10.1. The molecule has 0 saturated carbocycles. The standard InChI is InChI=1S/C12H18FNO/c1-4-12(14-3)9(2)15-11-7-5-10(13)6-8-11/h5-9,12,14H,4H2,1-3H3. The second-order valence-electron chi connectivity index (χ2n) is 3.58. The molecule has 2 atom stereocenters. The zero-order valence-electron chi connectivity index (χ0n) is 9.46. The van der Waals surface area contributed by atoms with Crippen molar-refractivity contribution in [3.8, 4) is 5.75 Å². The highest BCUT2D eigenvalue weighted by atomic mass is 19.1. The Bertz CT molecular complexity index is 282. The number of nitrogens with one attached hydrogen (secondary N) is 1. The van der Waals surface area contributed by atoms with E-state index in [4.69, 9.17) is 4.74 Å². The van der Waals surface area contributed by atoms with Crippen LogP contribution in [0.25, 0.3) is 0 Å². The molecule has 15 heavy (non-hydrogen) atoms. The molecule has 1 rings (SSSR count). The molecule has 0 spiro atoms. The first-order valence-electron chi connectivity index (χ1n) is 5.26. The summed E-state index contributed by atoms with van der Waals surface area (Å²) in [6.45, 7) is 4.11. The first-order valence-corrected chi connectivity index (χ1v) is 5.26. The van der Waals surface area contributed by atoms with E-state index in [1.165, 1.54) is 12.1 Å². The quantitative estimate of drug-likeness (QED) is 0.808. The molecule has 1 aromatic carbocycles. The maximum absolute atomic E-state index is 12.6. The lowest BCUT2D eigenvalue weighted by molar-refractivity contribution is 0.171. The monoisotopic (exact) mass is 211 g/mol. The summed E-state index contributed by atoms with van der Waals surface area (Å²) >= 11 is 0. The number of ether oxygens (including phenoxy) is 1. The van der Waals surface area contributed by atoms with E-state index < -0.39 is 0 Å². The molecule has 0 fully saturated rings. The van der Waals surface area contributed by atoms with Crippen LogP contribution in [0.5, 0.6) is 5.75 Å². The van der Waals surface area contributed by atoms with Crippen LogP contribution < -0.4 is 10.1 Å². The van der Waals surface area contributed by atoms with Gasteiger partial charge in [-0.2, -0.15) is 0 Å². The minimum atomic E-state index is -0.240. The number of likely N-dealkylation sites (N-methyl/N-ethyl adjacent to an activating group) is 1. The van der Waals surface area contributed by atoms with Gasteiger partial charge in [0.25, 0.3) is 0 Å². The number of hydrogen-bond donors (Lipinski definition) is 1. The molecule has 0 aliphatic carbocycles. The average Bonchev–Trinajstić information content (AvgIpc) is 2.23. The van der Waals surface area contributed by atoms with E-state index in [-0.39, 0.29) is 11.9 Å². The molecule has 0 bridgehead atoms. The van der Waals surface area contributed by atoms with Gasteiger partial charge in [0.2, 0.25) is 0 Å². The molecule has 0 aliphatic heterocycles. The first kappa shape index (κ1) is 12.0. The SMILES string of the molecule is CCC(NC)C(C)Oc1ccc(F)cc1. The van der Waals surface area contributed by atoms with Crippen molar-refractivity contribution in [3.05, 3.63) is 30.1 Å². The van der Waals surface area contributed by atoms with Crippen LogP contribution in [0.1, 0.15) is 20.3 Å². The molecule has 84 valence electrons. The predicted octanol–water partition coefficient (Wildman–Crippen LogP) is 2.59. The molecule has 1 N–H and O–H groups in total. The van der Waals surface area contributed by atoms with Gasteiger partial charge in [-0.3, -0.25) is 0 Å². The Morgan fingerprint density at radius 3 is 2.40 bits per heavy atom. The molecule has 0 heterocycles. The third kappa shape index (κ3) is 3.51. The fourth-order valence-electron chi connectivity index (χ4n) is 1.58. The van der Waals surface area contributed by atoms with Crippen molar-refractivity contribution in [1.82, 2.24) is 5.32 Å². The molecule has 2 unspecified atom stereocenters. The van der Waals surface area contributed by atoms with Crippen LogP contribution in [-0.2, 0) is 0 Å². The van der Waals surface area contributed by atoms with E-state index >= 15 is 0 Å². The van der Waals surface area contributed by atoms with Gasteiger partial charge in [0, 0.05) is 6.04 Å². The molecule has 0 saturated heterocycles. The van der Waals surface area contributed by atoms with Gasteiger partial charge in [-0.15, -0.1) is 0 Å². The highest BCUT2D eigenvalue weighted by Gasteiger charge is 2.14. The summed E-state index contributed by atoms with van der Waals surface area (Å²) in [6.07, 6.45) is 1.07. The Kier molecular flexibility index (Phi) is 4.56. The molecule has 0 radical (unpaired) electrons. The summed E-state index contributed by atoms with van der Waals surface area (Å²) < 4.78 is 18.3. The van der Waals surface area contributed by atoms with Gasteiger partial charge in [0.05, 0.1) is 0 Å². The summed E-state index contributed by atoms with van der Waals surface area (Å²) in [5.41, 5.74) is 0. The van der Waals surface area contributed by atoms with E-state index in [9.17, 15) is 4.39 Å². The minimum Gasteiger partial charge on any atom is -0.489 e. The van der Waals surface area contributed by atoms with Gasteiger partial charge in [-0.25, -0.2) is 4.39 Å². The second-order valence-corrected chi connectivity index (χ2v) is 3.58. The fraction of sp³-hybridized carbons (Fsp3) is 0.500. The topological polar surface area (TPSA) is 21.3 Å². The average molecular weight is 211 g/mol. The van der Waals surface area contributed by atoms with Gasteiger partial charge in [-0.05, 0) is 44.7 Å². The van der Waals surface area contributed by atoms with E-state index in [0.29, 0.717) is 11.8 Å². The third-order valence-corrected chi connectivity index (χ3v) is 2.51. The first-order chi connectivity index (χ1) is 7.17. The number of hydrogen-bond acceptors (Lipinski definition) is 2. The Morgan fingerprint density at radius 2 is 1.93 bits per heavy atom. The largest absolute Gasteiger partial charge is 0.489 e. The summed E-state index contributed by atoms with van der Waals surface area (Å²) in [5, 5.41) is 3.18. The number of rotatable bonds is 5. The van der Waals surface area contributed by atoms with Crippen molar-refractivity contribution in [2.24, 2.45) is 0 Å². The zero-order valence-corrected chi connectivity index (χ0v) is 9.46. The van der Waals surface area contributed by atoms with E-state index in [1.54, 1.807) is 12.1 Å². The van der Waals surface area contributed by atoms with Gasteiger partial charge in [-0.1, -0.05) is 6.92 Å². The Labute approximate surface area is 90.4 Å². The lowest BCUT2D eigenvalue weighted by Crippen LogP contribution is -2.38. The van der Waals surface area contributed by atoms with E-state index in [2.05, 4.69) is 12.2 Å². The summed E-state index contributed by atoms with van der Waals surface area (Å²) in [6, 6.07) is 6.42. The fourth-order valence-corrected chi connectivity index (χ4v) is 1.58. The Morgan fingerprint density at radius 1 is 1.33 bits per heavy atom. The maximum Gasteiger partial charge on any atom is 0.123 e. The van der Waals surface area contributed by atoms with Crippen LogP contribution in [0, 0.1) is 5.82 Å². The number of benzene rings is 1. The van der Waals surface area contributed by atoms with Crippen LogP contribution >= 0.6 is 0 Å². The molecule has 0 aromatic heterocycles. The van der Waals surface area contributed by atoms with Crippen molar-refractivity contribution in [2.45, 2.75) is 32.4 Å². The maximum atomic E-state index is 12.6. The summed E-state index contributed by atoms with van der Waals surface area (Å²) in [4.78, 5) is 0. The van der Waals surface area contributed by atoms with Crippen LogP contribution in [0.3, 0.4) is 0 Å². The van der Waals surface area contributed by atoms with Crippen LogP contribution in [0.15, 0.2) is 24.3 Å². The van der Waals surface area contributed by atoms with Crippen molar-refractivity contribution >= 4 is 0 Å². The minimum absolute atomic E-state index is 0.0745. The Balaban J connectivity index is 2.57. The third-order valence-electron chi connectivity index (χ3n) is 2.51. The van der Waals surface area contributed by atoms with Crippen molar-refractivity contribution in [3.63, 3.8) is 0 Å². The summed E-state index contributed by atoms with van der Waals surface area (Å²) in [7, 11) is 1.92. The highest BCUT2D eigenvalue weighted by Crippen LogP contribution is 2.14. The molecular formula is C12H18FNO. The number of halogens is 1. The molecule has 0 amide bonds. The molecular weight excluding hydrogens is 193 g/mol. The van der Waals surface area contributed by atoms with Crippen LogP contribution in [0.4, 0.5) is 4.39 Å². The lowest BCUT2D eigenvalue weighted by Gasteiger charge is -2.23. The molecule has 0 aliphatic rings. The smallest absolute Gasteiger partial charge is 0.123 e. The van der Waals surface area contributed by atoms with Gasteiger partial charge >= 0.3 is 0 Å². The van der Waals surface area contributed by atoms with Crippen LogP contribution in [0.2, 0.25) is 0 Å². The van der Waals surface area contributed by atoms with Crippen molar-refractivity contribution in [1.29, 1.82) is 0 Å². The van der Waals surface area contributed by atoms with Crippen molar-refractivity contribution in [2.75, 3.05) is 7.05 Å². The van der Waals surface area contributed by atoms with Gasteiger partial charge in [0.15, 0.2) is 0 Å². The van der Waals surface area contributed by atoms with Crippen LogP contribution in [-0.4, -0.2) is 19.2 Å². The van der Waals surface area contributed by atoms with E-state index in [1.807, 2.05) is 14.0 Å². The Hall–Kier alpha value is -1.09. The van der Waals surface area contributed by atoms with E-state index in [0.717, 1.165) is 6.42 Å². The van der Waals surface area contributed by atoms with Crippen molar-refractivity contribution < 1.29 is 9.13 Å². The predicted molar refractivity (Wildman–Crippen MR) is 59.6 cm³/mol. The summed E-state index contributed by atoms with van der Waals surface area (Å²) in [5.74, 6) is 0.466. The van der Waals surface area contributed by atoms with Gasteiger partial charge < -0.3 is 10.1 Å². The highest BCUT2D eigenvalue weighted by molar-refractivity contribution is 5.22. The zero-order chi connectivity index (χ0) is 11.3. The normalized spacial score (nSPS) is 14.7. The molecule has 2 nitrogen and oxygen atoms in total. The molecule has 3 heteroatoms. The molecule has 1 aromatic rings.